The Kier molecular flexibility index (Phi) is 3.90. The van der Waals surface area contributed by atoms with E-state index in [2.05, 4.69) is 10.1 Å². The Bertz CT molecular complexity index is 602. The van der Waals surface area contributed by atoms with Crippen LogP contribution in [0.25, 0.3) is 11.4 Å². The van der Waals surface area contributed by atoms with E-state index in [-0.39, 0.29) is 11.2 Å². The molecule has 20 heavy (non-hydrogen) atoms. The minimum Gasteiger partial charge on any atom is -0.392 e. The molecular formula is C15H19FN2O2. The van der Waals surface area contributed by atoms with E-state index in [0.717, 1.165) is 11.1 Å². The molecule has 0 saturated heterocycles. The largest absolute Gasteiger partial charge is 0.392 e. The number of hydrogen-bond acceptors (Lipinski definition) is 4. The Labute approximate surface area is 117 Å². The van der Waals surface area contributed by atoms with Gasteiger partial charge in [-0.15, -0.1) is 0 Å². The van der Waals surface area contributed by atoms with Gasteiger partial charge in [0.25, 0.3) is 0 Å². The monoisotopic (exact) mass is 278 g/mol. The molecule has 0 amide bonds. The normalized spacial score (nSPS) is 13.5. The molecule has 0 aliphatic carbocycles. The van der Waals surface area contributed by atoms with E-state index in [4.69, 9.17) is 4.52 Å². The number of aryl methyl sites for hydroxylation is 1. The molecule has 0 saturated carbocycles. The van der Waals surface area contributed by atoms with Crippen molar-refractivity contribution < 1.29 is 14.0 Å². The first-order chi connectivity index (χ1) is 9.27. The maximum Gasteiger partial charge on any atom is 0.229 e. The summed E-state index contributed by atoms with van der Waals surface area (Å²) < 4.78 is 18.2. The Morgan fingerprint density at radius 3 is 2.65 bits per heavy atom. The van der Waals surface area contributed by atoms with Crippen molar-refractivity contribution in [1.29, 1.82) is 0 Å². The minimum atomic E-state index is -0.565. The third-order valence-electron chi connectivity index (χ3n) is 3.27. The van der Waals surface area contributed by atoms with Crippen LogP contribution in [0.3, 0.4) is 0 Å². The van der Waals surface area contributed by atoms with Gasteiger partial charge in [0.1, 0.15) is 5.82 Å². The first-order valence-electron chi connectivity index (χ1n) is 6.54. The molecule has 1 atom stereocenters. The fourth-order valence-electron chi connectivity index (χ4n) is 1.80. The zero-order valence-electron chi connectivity index (χ0n) is 12.1. The van der Waals surface area contributed by atoms with Crippen molar-refractivity contribution in [3.8, 4) is 11.4 Å². The second-order valence-corrected chi connectivity index (χ2v) is 6.06. The molecule has 2 rings (SSSR count). The van der Waals surface area contributed by atoms with E-state index in [1.165, 1.54) is 12.1 Å². The lowest BCUT2D eigenvalue weighted by Crippen LogP contribution is -2.28. The topological polar surface area (TPSA) is 59.2 Å². The molecule has 0 fully saturated rings. The first kappa shape index (κ1) is 14.7. The van der Waals surface area contributed by atoms with E-state index in [1.807, 2.05) is 20.8 Å². The molecule has 1 aromatic carbocycles. The van der Waals surface area contributed by atoms with E-state index in [0.29, 0.717) is 18.1 Å². The van der Waals surface area contributed by atoms with Gasteiger partial charge in [0.15, 0.2) is 0 Å². The Morgan fingerprint density at radius 2 is 2.05 bits per heavy atom. The van der Waals surface area contributed by atoms with Gasteiger partial charge in [-0.25, -0.2) is 4.39 Å². The highest BCUT2D eigenvalue weighted by Gasteiger charge is 2.25. The molecule has 108 valence electrons. The standard InChI is InChI=1S/C15H19FN2O2/c1-9-7-10(16)5-6-11(9)14-17-13(20-18-14)8-12(19)15(2,3)4/h5-7,12,19H,8H2,1-4H3. The van der Waals surface area contributed by atoms with Crippen molar-refractivity contribution in [2.24, 2.45) is 5.41 Å². The summed E-state index contributed by atoms with van der Waals surface area (Å²) in [7, 11) is 0. The molecule has 4 nitrogen and oxygen atoms in total. The van der Waals surface area contributed by atoms with Gasteiger partial charge < -0.3 is 9.63 Å². The highest BCUT2D eigenvalue weighted by Crippen LogP contribution is 2.24. The summed E-state index contributed by atoms with van der Waals surface area (Å²) in [6.45, 7) is 7.62. The molecule has 0 aliphatic heterocycles. The van der Waals surface area contributed by atoms with Crippen LogP contribution in [0.2, 0.25) is 0 Å². The van der Waals surface area contributed by atoms with Crippen LogP contribution < -0.4 is 0 Å². The molecular weight excluding hydrogens is 259 g/mol. The SMILES string of the molecule is Cc1cc(F)ccc1-c1noc(CC(O)C(C)(C)C)n1. The van der Waals surface area contributed by atoms with Crippen LogP contribution in [0.1, 0.15) is 32.2 Å². The second kappa shape index (κ2) is 5.32. The van der Waals surface area contributed by atoms with Crippen molar-refractivity contribution >= 4 is 0 Å². The van der Waals surface area contributed by atoms with Gasteiger partial charge in [0.05, 0.1) is 12.5 Å². The highest BCUT2D eigenvalue weighted by molar-refractivity contribution is 5.59. The molecule has 1 aromatic heterocycles. The first-order valence-corrected chi connectivity index (χ1v) is 6.54. The van der Waals surface area contributed by atoms with Crippen molar-refractivity contribution in [1.82, 2.24) is 10.1 Å². The number of aliphatic hydroxyl groups excluding tert-OH is 1. The highest BCUT2D eigenvalue weighted by atomic mass is 19.1. The van der Waals surface area contributed by atoms with Crippen LogP contribution >= 0.6 is 0 Å². The number of aliphatic hydroxyl groups is 1. The summed E-state index contributed by atoms with van der Waals surface area (Å²) in [5, 5.41) is 13.9. The fraction of sp³-hybridized carbons (Fsp3) is 0.467. The molecule has 0 aliphatic rings. The van der Waals surface area contributed by atoms with Crippen molar-refractivity contribution in [2.75, 3.05) is 0 Å². The van der Waals surface area contributed by atoms with E-state index < -0.39 is 6.10 Å². The van der Waals surface area contributed by atoms with Gasteiger partial charge in [0.2, 0.25) is 11.7 Å². The number of hydrogen-bond donors (Lipinski definition) is 1. The summed E-state index contributed by atoms with van der Waals surface area (Å²) >= 11 is 0. The van der Waals surface area contributed by atoms with Gasteiger partial charge in [-0.05, 0) is 36.1 Å². The average molecular weight is 278 g/mol. The fourth-order valence-corrected chi connectivity index (χ4v) is 1.80. The third kappa shape index (κ3) is 3.22. The molecule has 1 unspecified atom stereocenters. The van der Waals surface area contributed by atoms with Crippen molar-refractivity contribution in [3.05, 3.63) is 35.5 Å². The predicted molar refractivity (Wildman–Crippen MR) is 73.6 cm³/mol. The minimum absolute atomic E-state index is 0.250. The molecule has 1 N–H and O–H groups in total. The van der Waals surface area contributed by atoms with Crippen LogP contribution in [-0.4, -0.2) is 21.4 Å². The molecule has 0 spiro atoms. The lowest BCUT2D eigenvalue weighted by Gasteiger charge is -2.24. The van der Waals surface area contributed by atoms with Crippen LogP contribution in [-0.2, 0) is 6.42 Å². The number of aromatic nitrogens is 2. The number of rotatable bonds is 3. The van der Waals surface area contributed by atoms with Gasteiger partial charge in [-0.2, -0.15) is 4.98 Å². The van der Waals surface area contributed by atoms with Gasteiger partial charge in [-0.1, -0.05) is 25.9 Å². The number of halogens is 1. The summed E-state index contributed by atoms with van der Waals surface area (Å²) in [4.78, 5) is 4.26. The summed E-state index contributed by atoms with van der Waals surface area (Å²) in [5.41, 5.74) is 1.22. The smallest absolute Gasteiger partial charge is 0.229 e. The van der Waals surface area contributed by atoms with E-state index in [9.17, 15) is 9.50 Å². The van der Waals surface area contributed by atoms with Crippen LogP contribution in [0.15, 0.2) is 22.7 Å². The Hall–Kier alpha value is -1.75. The van der Waals surface area contributed by atoms with Gasteiger partial charge in [-0.3, -0.25) is 0 Å². The number of benzene rings is 1. The van der Waals surface area contributed by atoms with Crippen LogP contribution in [0, 0.1) is 18.2 Å². The van der Waals surface area contributed by atoms with Crippen molar-refractivity contribution in [2.45, 2.75) is 40.2 Å². The summed E-state index contributed by atoms with van der Waals surface area (Å²) in [6.07, 6.45) is -0.262. The molecule has 1 heterocycles. The zero-order chi connectivity index (χ0) is 14.9. The molecule has 0 bridgehead atoms. The zero-order valence-corrected chi connectivity index (χ0v) is 12.1. The van der Waals surface area contributed by atoms with Gasteiger partial charge in [0, 0.05) is 5.56 Å². The van der Waals surface area contributed by atoms with Crippen molar-refractivity contribution in [3.63, 3.8) is 0 Å². The molecule has 0 radical (unpaired) electrons. The third-order valence-corrected chi connectivity index (χ3v) is 3.27. The Balaban J connectivity index is 2.21. The maximum atomic E-state index is 13.1. The van der Waals surface area contributed by atoms with Crippen LogP contribution in [0.5, 0.6) is 0 Å². The second-order valence-electron chi connectivity index (χ2n) is 6.06. The quantitative estimate of drug-likeness (QED) is 0.937. The van der Waals surface area contributed by atoms with E-state index >= 15 is 0 Å². The van der Waals surface area contributed by atoms with Crippen LogP contribution in [0.4, 0.5) is 4.39 Å². The summed E-state index contributed by atoms with van der Waals surface area (Å²) in [6, 6.07) is 4.41. The predicted octanol–water partition coefficient (Wildman–Crippen LogP) is 3.13. The Morgan fingerprint density at radius 1 is 1.35 bits per heavy atom. The van der Waals surface area contributed by atoms with E-state index in [1.54, 1.807) is 13.0 Å². The van der Waals surface area contributed by atoms with Gasteiger partial charge >= 0.3 is 0 Å². The molecule has 2 aromatic rings. The average Bonchev–Trinajstić information content (AvgIpc) is 2.76. The summed E-state index contributed by atoms with van der Waals surface area (Å²) in [5.74, 6) is 0.503. The molecule has 5 heteroatoms. The maximum absolute atomic E-state index is 13.1. The lowest BCUT2D eigenvalue weighted by atomic mass is 9.87. The number of nitrogens with zero attached hydrogens (tertiary/aromatic N) is 2. The lowest BCUT2D eigenvalue weighted by molar-refractivity contribution is 0.0565.